The fourth-order valence-corrected chi connectivity index (χ4v) is 3.62. The van der Waals surface area contributed by atoms with Crippen molar-refractivity contribution in [3.63, 3.8) is 0 Å². The van der Waals surface area contributed by atoms with E-state index < -0.39 is 6.04 Å². The Morgan fingerprint density at radius 1 is 1.04 bits per heavy atom. The zero-order valence-electron chi connectivity index (χ0n) is 15.4. The van der Waals surface area contributed by atoms with Gasteiger partial charge in [0.25, 0.3) is 0 Å². The van der Waals surface area contributed by atoms with Gasteiger partial charge in [-0.15, -0.1) is 0 Å². The lowest BCUT2D eigenvalue weighted by atomic mass is 10.0. The van der Waals surface area contributed by atoms with E-state index in [4.69, 9.17) is 4.98 Å². The first-order chi connectivity index (χ1) is 13.2. The molecule has 0 N–H and O–H groups in total. The van der Waals surface area contributed by atoms with Crippen LogP contribution in [0.3, 0.4) is 0 Å². The first-order valence-corrected chi connectivity index (χ1v) is 9.33. The molecule has 0 aliphatic carbocycles. The van der Waals surface area contributed by atoms with E-state index in [0.717, 1.165) is 60.6 Å². The molecule has 4 rings (SSSR count). The molecule has 1 aliphatic heterocycles. The fraction of sp³-hybridized carbons (Fsp3) is 0.273. The molecule has 0 saturated carbocycles. The Morgan fingerprint density at radius 3 is 2.41 bits per heavy atom. The number of nitrogens with zero attached hydrogens (tertiary/aromatic N) is 3. The highest BCUT2D eigenvalue weighted by Gasteiger charge is 2.19. The minimum Gasteiger partial charge on any atom is -0.354 e. The van der Waals surface area contributed by atoms with E-state index in [1.165, 1.54) is 12.1 Å². The molecule has 138 valence electrons. The van der Waals surface area contributed by atoms with Gasteiger partial charge < -0.3 is 9.80 Å². The number of rotatable bonds is 4. The number of benzene rings is 2. The average molecular weight is 363 g/mol. The van der Waals surface area contributed by atoms with Gasteiger partial charge in [-0.05, 0) is 30.1 Å². The molecular weight excluding hydrogens is 341 g/mol. The maximum Gasteiger partial charge on any atom is 0.332 e. The first-order valence-electron chi connectivity index (χ1n) is 9.33. The molecule has 1 aliphatic rings. The van der Waals surface area contributed by atoms with Gasteiger partial charge >= 0.3 is 6.04 Å². The minimum absolute atomic E-state index is 0.0652. The summed E-state index contributed by atoms with van der Waals surface area (Å²) in [4.78, 5) is 20.6. The third-order valence-electron chi connectivity index (χ3n) is 5.25. The third-order valence-corrected chi connectivity index (χ3v) is 5.25. The molecule has 0 bridgehead atoms. The predicted molar refractivity (Wildman–Crippen MR) is 107 cm³/mol. The van der Waals surface area contributed by atoms with Gasteiger partial charge in [0.2, 0.25) is 0 Å². The lowest BCUT2D eigenvalue weighted by Gasteiger charge is -2.35. The highest BCUT2D eigenvalue weighted by molar-refractivity contribution is 5.95. The number of aromatic nitrogens is 1. The number of hydrogen-bond donors (Lipinski definition) is 0. The van der Waals surface area contributed by atoms with Gasteiger partial charge in [-0.1, -0.05) is 43.3 Å². The second kappa shape index (κ2) is 7.45. The zero-order valence-corrected chi connectivity index (χ0v) is 15.4. The third kappa shape index (κ3) is 3.55. The van der Waals surface area contributed by atoms with Crippen molar-refractivity contribution < 1.29 is 9.18 Å². The van der Waals surface area contributed by atoms with Crippen LogP contribution < -0.4 is 4.90 Å². The molecule has 3 aromatic rings. The van der Waals surface area contributed by atoms with E-state index in [0.29, 0.717) is 0 Å². The summed E-state index contributed by atoms with van der Waals surface area (Å²) in [7, 11) is 0. The van der Waals surface area contributed by atoms with Crippen LogP contribution in [0, 0.1) is 0 Å². The van der Waals surface area contributed by atoms with Crippen LogP contribution in [-0.4, -0.2) is 48.6 Å². The summed E-state index contributed by atoms with van der Waals surface area (Å²) in [6.07, 6.45) is 0. The first kappa shape index (κ1) is 17.6. The molecule has 1 saturated heterocycles. The van der Waals surface area contributed by atoms with Gasteiger partial charge in [0, 0.05) is 37.1 Å². The second-order valence-electron chi connectivity index (χ2n) is 6.82. The largest absolute Gasteiger partial charge is 0.354 e. The number of hydrogen-bond acceptors (Lipinski definition) is 4. The van der Waals surface area contributed by atoms with Crippen LogP contribution >= 0.6 is 0 Å². The van der Waals surface area contributed by atoms with Gasteiger partial charge in [0.1, 0.15) is 5.82 Å². The van der Waals surface area contributed by atoms with Crippen molar-refractivity contribution in [2.45, 2.75) is 6.92 Å². The van der Waals surface area contributed by atoms with Crippen molar-refractivity contribution in [3.05, 3.63) is 60.2 Å². The molecule has 2 heterocycles. The van der Waals surface area contributed by atoms with Crippen molar-refractivity contribution in [1.82, 2.24) is 9.88 Å². The summed E-state index contributed by atoms with van der Waals surface area (Å²) in [5.41, 5.74) is 1.77. The Labute approximate surface area is 158 Å². The number of piperazine rings is 1. The Bertz CT molecular complexity index is 963. The summed E-state index contributed by atoms with van der Waals surface area (Å²) in [5.74, 6) is 0.990. The standard InChI is InChI=1S/C22H22FN3O/c1-2-25-11-13-26(14-12-25)22-19-6-4-3-5-18(19)15-20(24-22)16-7-9-17(10-8-16)21(23)27/h3-10,15H,2,11-14H2,1H3. The molecule has 0 radical (unpaired) electrons. The van der Waals surface area contributed by atoms with Crippen molar-refractivity contribution in [1.29, 1.82) is 0 Å². The molecule has 4 nitrogen and oxygen atoms in total. The Hall–Kier alpha value is -2.79. The van der Waals surface area contributed by atoms with Crippen LogP contribution in [0.4, 0.5) is 10.2 Å². The predicted octanol–water partition coefficient (Wildman–Crippen LogP) is 4.15. The van der Waals surface area contributed by atoms with E-state index in [1.54, 1.807) is 12.1 Å². The summed E-state index contributed by atoms with van der Waals surface area (Å²) >= 11 is 0. The van der Waals surface area contributed by atoms with E-state index >= 15 is 0 Å². The van der Waals surface area contributed by atoms with Crippen molar-refractivity contribution in [2.24, 2.45) is 0 Å². The zero-order chi connectivity index (χ0) is 18.8. The van der Waals surface area contributed by atoms with Crippen LogP contribution in [0.2, 0.25) is 0 Å². The Kier molecular flexibility index (Phi) is 4.86. The highest BCUT2D eigenvalue weighted by atomic mass is 19.1. The van der Waals surface area contributed by atoms with Crippen molar-refractivity contribution in [2.75, 3.05) is 37.6 Å². The van der Waals surface area contributed by atoms with Crippen LogP contribution in [-0.2, 0) is 0 Å². The maximum atomic E-state index is 12.9. The highest BCUT2D eigenvalue weighted by Crippen LogP contribution is 2.30. The topological polar surface area (TPSA) is 36.4 Å². The number of pyridine rings is 1. The van der Waals surface area contributed by atoms with Crippen LogP contribution in [0.1, 0.15) is 17.3 Å². The van der Waals surface area contributed by atoms with E-state index in [9.17, 15) is 9.18 Å². The number of fused-ring (bicyclic) bond motifs is 1. The summed E-state index contributed by atoms with van der Waals surface area (Å²) < 4.78 is 12.9. The summed E-state index contributed by atoms with van der Waals surface area (Å²) in [5, 5.41) is 2.27. The number of halogens is 1. The maximum absolute atomic E-state index is 12.9. The van der Waals surface area contributed by atoms with Crippen molar-refractivity contribution in [3.8, 4) is 11.3 Å². The van der Waals surface area contributed by atoms with Gasteiger partial charge in [-0.3, -0.25) is 4.79 Å². The number of carbonyl (C=O) groups excluding carboxylic acids is 1. The monoisotopic (exact) mass is 363 g/mol. The summed E-state index contributed by atoms with van der Waals surface area (Å²) in [6.45, 7) is 7.22. The molecule has 2 aromatic carbocycles. The van der Waals surface area contributed by atoms with Gasteiger partial charge in [-0.2, -0.15) is 4.39 Å². The molecular formula is C22H22FN3O. The average Bonchev–Trinajstić information content (AvgIpc) is 2.73. The van der Waals surface area contributed by atoms with E-state index in [1.807, 2.05) is 18.2 Å². The lowest BCUT2D eigenvalue weighted by molar-refractivity contribution is 0.0836. The van der Waals surface area contributed by atoms with E-state index in [-0.39, 0.29) is 5.56 Å². The van der Waals surface area contributed by atoms with Gasteiger partial charge in [0.15, 0.2) is 0 Å². The number of carbonyl (C=O) groups is 1. The Balaban J connectivity index is 1.75. The number of likely N-dealkylation sites (N-methyl/N-ethyl adjacent to an activating group) is 1. The molecule has 1 fully saturated rings. The van der Waals surface area contributed by atoms with Gasteiger partial charge in [0.05, 0.1) is 11.3 Å². The molecule has 1 aromatic heterocycles. The molecule has 27 heavy (non-hydrogen) atoms. The molecule has 0 spiro atoms. The normalized spacial score (nSPS) is 15.3. The smallest absolute Gasteiger partial charge is 0.332 e. The van der Waals surface area contributed by atoms with Crippen molar-refractivity contribution >= 4 is 22.6 Å². The SMILES string of the molecule is CCN1CCN(c2nc(-c3ccc(C(=O)F)cc3)cc3ccccc23)CC1. The second-order valence-corrected chi connectivity index (χ2v) is 6.82. The molecule has 0 unspecified atom stereocenters. The number of anilines is 1. The molecule has 5 heteroatoms. The summed E-state index contributed by atoms with van der Waals surface area (Å²) in [6, 6.07) is 15.4. The van der Waals surface area contributed by atoms with Gasteiger partial charge in [-0.25, -0.2) is 4.98 Å². The van der Waals surface area contributed by atoms with Crippen LogP contribution in [0.25, 0.3) is 22.0 Å². The fourth-order valence-electron chi connectivity index (χ4n) is 3.62. The Morgan fingerprint density at radius 2 is 1.74 bits per heavy atom. The van der Waals surface area contributed by atoms with E-state index in [2.05, 4.69) is 28.9 Å². The van der Waals surface area contributed by atoms with Crippen LogP contribution in [0.5, 0.6) is 0 Å². The van der Waals surface area contributed by atoms with Crippen LogP contribution in [0.15, 0.2) is 54.6 Å². The quantitative estimate of drug-likeness (QED) is 0.653. The minimum atomic E-state index is -1.41. The lowest BCUT2D eigenvalue weighted by Crippen LogP contribution is -2.46. The molecule has 0 atom stereocenters. The molecule has 0 amide bonds.